The highest BCUT2D eigenvalue weighted by Gasteiger charge is 2.80. The molecule has 12 nitrogen and oxygen atoms in total. The monoisotopic (exact) mass is 778 g/mol. The first-order valence-electron chi connectivity index (χ1n) is 20.3. The third-order valence-electron chi connectivity index (χ3n) is 14.8. The molecule has 5 aliphatic heterocycles. The van der Waals surface area contributed by atoms with Gasteiger partial charge in [0.1, 0.15) is 11.2 Å². The van der Waals surface area contributed by atoms with Crippen molar-refractivity contribution in [3.05, 3.63) is 82.6 Å². The molecule has 302 valence electrons. The predicted molar refractivity (Wildman–Crippen MR) is 214 cm³/mol. The summed E-state index contributed by atoms with van der Waals surface area (Å²) in [6.07, 6.45) is 7.67. The van der Waals surface area contributed by atoms with Crippen LogP contribution in [0.2, 0.25) is 0 Å². The maximum absolute atomic E-state index is 15.2. The third-order valence-corrected chi connectivity index (χ3v) is 14.8. The number of nitrogens with one attached hydrogen (secondary N) is 1. The lowest BCUT2D eigenvalue weighted by Crippen LogP contribution is -2.81. The summed E-state index contributed by atoms with van der Waals surface area (Å²) in [5, 5.41) is 14.4. The Labute approximate surface area is 333 Å². The molecule has 1 spiro atoms. The topological polar surface area (TPSA) is 134 Å². The molecule has 2 N–H and O–H groups in total. The minimum absolute atomic E-state index is 0.0284. The zero-order valence-corrected chi connectivity index (χ0v) is 34.0. The van der Waals surface area contributed by atoms with E-state index in [0.717, 1.165) is 52.9 Å². The average Bonchev–Trinajstić information content (AvgIpc) is 3.87. The molecule has 2 fully saturated rings. The van der Waals surface area contributed by atoms with Crippen LogP contribution in [-0.4, -0.2) is 116 Å². The van der Waals surface area contributed by atoms with Crippen molar-refractivity contribution in [3.63, 3.8) is 0 Å². The number of hydrogen-bond acceptors (Lipinski definition) is 11. The lowest BCUT2D eigenvalue weighted by atomic mass is 9.47. The maximum Gasteiger partial charge on any atom is 0.344 e. The Hall–Kier alpha value is -4.65. The molecular weight excluding hydrogens is 725 g/mol. The highest BCUT2D eigenvalue weighted by molar-refractivity contribution is 5.95. The van der Waals surface area contributed by atoms with Crippen LogP contribution in [0.4, 0.5) is 5.69 Å². The number of aromatic nitrogens is 1. The minimum Gasteiger partial charge on any atom is -0.496 e. The van der Waals surface area contributed by atoms with Crippen LogP contribution in [0.5, 0.6) is 5.75 Å². The van der Waals surface area contributed by atoms with Gasteiger partial charge in [-0.25, -0.2) is 4.79 Å². The number of carbonyl (C=O) groups is 3. The number of likely N-dealkylation sites (N-methyl/N-ethyl adjacent to an activating group) is 1. The molecule has 6 aliphatic rings. The number of aliphatic hydroxyl groups is 1. The van der Waals surface area contributed by atoms with Gasteiger partial charge in [-0.2, -0.15) is 0 Å². The second kappa shape index (κ2) is 13.2. The quantitative estimate of drug-likeness (QED) is 0.196. The Morgan fingerprint density at radius 1 is 1.00 bits per heavy atom. The van der Waals surface area contributed by atoms with Crippen LogP contribution in [0.25, 0.3) is 10.9 Å². The van der Waals surface area contributed by atoms with E-state index >= 15 is 4.79 Å². The molecule has 0 radical (unpaired) electrons. The predicted octanol–water partition coefficient (Wildman–Crippen LogP) is 4.75. The Kier molecular flexibility index (Phi) is 8.77. The van der Waals surface area contributed by atoms with Gasteiger partial charge in [0.2, 0.25) is 5.60 Å². The number of aromatic amines is 1. The van der Waals surface area contributed by atoms with Crippen molar-refractivity contribution in [1.29, 1.82) is 0 Å². The van der Waals surface area contributed by atoms with E-state index in [2.05, 4.69) is 58.1 Å². The first kappa shape index (κ1) is 37.9. The van der Waals surface area contributed by atoms with Gasteiger partial charge in [0, 0.05) is 90.9 Å². The fourth-order valence-corrected chi connectivity index (χ4v) is 12.8. The van der Waals surface area contributed by atoms with Crippen LogP contribution in [-0.2, 0) is 46.0 Å². The van der Waals surface area contributed by atoms with E-state index in [9.17, 15) is 14.7 Å². The molecular formula is C45H54N4O8. The average molecular weight is 779 g/mol. The molecule has 1 saturated heterocycles. The highest BCUT2D eigenvalue weighted by Crippen LogP contribution is 2.68. The standard InChI is InChI=1S/C45H54N4O8/c1-8-27-19-28-22-44(40(51)55-6,36-30(25-48(23-27)24-28)29-13-10-11-14-33(29)46-36)32-20-31-34(21-35(32)54-5)47(4)38-43(31)16-18-49-17-12-15-42(9-2,37(43)49)39(57-26(3)50)45(38,53)41(52)56-7/h10-15,19-21,28,37-39,46,53H,8-9,16-18,22-25H2,1-7H3/t28-,37+,38+,39+,42+,43-,44-,45-/m0/s1. The van der Waals surface area contributed by atoms with E-state index in [1.54, 1.807) is 7.11 Å². The van der Waals surface area contributed by atoms with Crippen molar-refractivity contribution >= 4 is 34.5 Å². The zero-order chi connectivity index (χ0) is 40.2. The number of fused-ring (bicyclic) bond motifs is 6. The van der Waals surface area contributed by atoms with Crippen molar-refractivity contribution in [2.75, 3.05) is 59.5 Å². The smallest absolute Gasteiger partial charge is 0.344 e. The van der Waals surface area contributed by atoms with Crippen molar-refractivity contribution < 1.29 is 38.4 Å². The third kappa shape index (κ3) is 4.80. The summed E-state index contributed by atoms with van der Waals surface area (Å²) in [7, 11) is 6.22. The molecule has 2 bridgehead atoms. The Morgan fingerprint density at radius 3 is 2.47 bits per heavy atom. The maximum atomic E-state index is 15.2. The van der Waals surface area contributed by atoms with Gasteiger partial charge in [0.05, 0.1) is 27.4 Å². The summed E-state index contributed by atoms with van der Waals surface area (Å²) >= 11 is 0. The van der Waals surface area contributed by atoms with Gasteiger partial charge in [0.15, 0.2) is 6.10 Å². The van der Waals surface area contributed by atoms with Crippen molar-refractivity contribution in [2.24, 2.45) is 11.3 Å². The second-order valence-corrected chi connectivity index (χ2v) is 17.2. The summed E-state index contributed by atoms with van der Waals surface area (Å²) in [5.74, 6) is -1.31. The summed E-state index contributed by atoms with van der Waals surface area (Å²) < 4.78 is 23.9. The minimum atomic E-state index is -2.27. The van der Waals surface area contributed by atoms with E-state index < -0.39 is 45.9 Å². The molecule has 1 aromatic heterocycles. The van der Waals surface area contributed by atoms with Gasteiger partial charge in [-0.1, -0.05) is 55.8 Å². The molecule has 9 rings (SSSR count). The number of benzene rings is 2. The first-order chi connectivity index (χ1) is 27.4. The van der Waals surface area contributed by atoms with Crippen LogP contribution in [0, 0.1) is 11.3 Å². The van der Waals surface area contributed by atoms with Crippen molar-refractivity contribution in [1.82, 2.24) is 14.8 Å². The lowest BCUT2D eigenvalue weighted by Gasteiger charge is -2.63. The number of ether oxygens (including phenoxy) is 4. The van der Waals surface area contributed by atoms with Crippen LogP contribution in [0.15, 0.2) is 60.2 Å². The van der Waals surface area contributed by atoms with Gasteiger partial charge >= 0.3 is 17.9 Å². The number of anilines is 1. The largest absolute Gasteiger partial charge is 0.496 e. The molecule has 1 aliphatic carbocycles. The van der Waals surface area contributed by atoms with Gasteiger partial charge < -0.3 is 33.9 Å². The molecule has 12 heteroatoms. The van der Waals surface area contributed by atoms with E-state index in [1.807, 2.05) is 37.1 Å². The number of carbonyl (C=O) groups excluding carboxylic acids is 3. The van der Waals surface area contributed by atoms with E-state index in [-0.39, 0.29) is 17.9 Å². The van der Waals surface area contributed by atoms with E-state index in [1.165, 1.54) is 26.7 Å². The number of H-pyrrole nitrogens is 1. The normalized spacial score (nSPS) is 34.9. The summed E-state index contributed by atoms with van der Waals surface area (Å²) in [4.78, 5) is 53.1. The SMILES string of the molecule is CCC1=C[C@@H]2CN(C1)Cc1c([nH]c3ccccc13)[C@@](C(=O)OC)(c1cc3c(cc1OC)N(C)[C@H]1[C@@](O)(C(=O)OC)[C@H](OC(C)=O)[C@]4(CC)C=CCN5CC[C@@]31[C@H]54)C2. The van der Waals surface area contributed by atoms with E-state index in [0.29, 0.717) is 50.2 Å². The number of esters is 3. The van der Waals surface area contributed by atoms with Gasteiger partial charge in [-0.3, -0.25) is 19.4 Å². The molecule has 9 atom stereocenters. The number of para-hydroxylation sites is 1. The second-order valence-electron chi connectivity index (χ2n) is 17.2. The summed E-state index contributed by atoms with van der Waals surface area (Å²) in [6.45, 7) is 9.19. The van der Waals surface area contributed by atoms with Crippen molar-refractivity contribution in [2.45, 2.75) is 87.6 Å². The van der Waals surface area contributed by atoms with Gasteiger partial charge in [-0.05, 0) is 61.4 Å². The molecule has 6 heterocycles. The van der Waals surface area contributed by atoms with E-state index in [4.69, 9.17) is 18.9 Å². The van der Waals surface area contributed by atoms with Crippen LogP contribution < -0.4 is 9.64 Å². The Bertz CT molecular complexity index is 2250. The molecule has 1 unspecified atom stereocenters. The number of rotatable bonds is 7. The van der Waals surface area contributed by atoms with Crippen LogP contribution >= 0.6 is 0 Å². The first-order valence-corrected chi connectivity index (χ1v) is 20.3. The fraction of sp³-hybridized carbons (Fsp3) is 0.533. The number of nitrogens with zero attached hydrogens (tertiary/aromatic N) is 3. The molecule has 1 saturated carbocycles. The fourth-order valence-electron chi connectivity index (χ4n) is 12.8. The Balaban J connectivity index is 1.37. The molecule has 2 aromatic carbocycles. The summed E-state index contributed by atoms with van der Waals surface area (Å²) in [6, 6.07) is 11.2. The van der Waals surface area contributed by atoms with Gasteiger partial charge in [-0.15, -0.1) is 0 Å². The number of hydrogen-bond donors (Lipinski definition) is 2. The summed E-state index contributed by atoms with van der Waals surface area (Å²) in [5.41, 5.74) is 1.05. The van der Waals surface area contributed by atoms with Gasteiger partial charge in [0.25, 0.3) is 0 Å². The molecule has 57 heavy (non-hydrogen) atoms. The van der Waals surface area contributed by atoms with Crippen molar-refractivity contribution in [3.8, 4) is 5.75 Å². The van der Waals surface area contributed by atoms with Crippen LogP contribution in [0.1, 0.15) is 68.8 Å². The van der Waals surface area contributed by atoms with Crippen LogP contribution in [0.3, 0.4) is 0 Å². The Morgan fingerprint density at radius 2 is 1.77 bits per heavy atom. The molecule has 0 amide bonds. The lowest BCUT2D eigenvalue weighted by molar-refractivity contribution is -0.228. The highest BCUT2D eigenvalue weighted by atomic mass is 16.6. The zero-order valence-electron chi connectivity index (χ0n) is 34.0. The molecule has 3 aromatic rings. The number of methoxy groups -OCH3 is 3.